The molecule has 0 bridgehead atoms. The van der Waals surface area contributed by atoms with E-state index >= 15 is 0 Å². The number of amides is 1. The maximum atomic E-state index is 13.6. The fourth-order valence-corrected chi connectivity index (χ4v) is 3.41. The summed E-state index contributed by atoms with van der Waals surface area (Å²) in [6.07, 6.45) is 9.82. The normalized spacial score (nSPS) is 15.1. The number of nitrogens with zero attached hydrogens (tertiary/aromatic N) is 1. The number of benzene rings is 1. The molecule has 0 unspecified atom stereocenters. The lowest BCUT2D eigenvalue weighted by molar-refractivity contribution is -0.118. The average Bonchev–Trinajstić information content (AvgIpc) is 3.33. The van der Waals surface area contributed by atoms with Gasteiger partial charge in [-0.15, -0.1) is 0 Å². The van der Waals surface area contributed by atoms with Crippen LogP contribution in [0, 0.1) is 11.3 Å². The Bertz CT molecular complexity index is 953. The third-order valence-electron chi connectivity index (χ3n) is 5.12. The quantitative estimate of drug-likeness (QED) is 0.156. The zero-order valence-corrected chi connectivity index (χ0v) is 20.3. The summed E-state index contributed by atoms with van der Waals surface area (Å²) in [5.74, 6) is -2.05. The first-order chi connectivity index (χ1) is 16.3. The van der Waals surface area contributed by atoms with Crippen LogP contribution >= 0.6 is 0 Å². The minimum atomic E-state index is -1.08. The molecule has 5 nitrogen and oxygen atoms in total. The van der Waals surface area contributed by atoms with Crippen LogP contribution in [0.1, 0.15) is 64.9 Å². The summed E-state index contributed by atoms with van der Waals surface area (Å²) in [6.45, 7) is 8.98. The Morgan fingerprint density at radius 2 is 1.82 bits per heavy atom. The molecule has 0 saturated heterocycles. The van der Waals surface area contributed by atoms with E-state index < -0.39 is 17.6 Å². The summed E-state index contributed by atoms with van der Waals surface area (Å²) in [7, 11) is 0. The van der Waals surface area contributed by atoms with Crippen LogP contribution in [0.25, 0.3) is 6.08 Å². The second-order valence-corrected chi connectivity index (χ2v) is 7.81. The molecule has 0 atom stereocenters. The van der Waals surface area contributed by atoms with E-state index in [1.807, 2.05) is 26.0 Å². The lowest BCUT2D eigenvalue weighted by atomic mass is 10.00. The minimum Gasteiger partial charge on any atom is -0.399 e. The first-order valence-corrected chi connectivity index (χ1v) is 11.6. The highest BCUT2D eigenvalue weighted by Gasteiger charge is 2.20. The molecule has 1 fully saturated rings. The summed E-state index contributed by atoms with van der Waals surface area (Å²) in [5.41, 5.74) is 7.55. The third kappa shape index (κ3) is 10.5. The molecule has 0 aromatic heterocycles. The number of nitrogens with one attached hydrogen (secondary N) is 2. The van der Waals surface area contributed by atoms with Gasteiger partial charge in [0.05, 0.1) is 12.1 Å². The number of carbonyl (C=O) groups excluding carboxylic acids is 1. The summed E-state index contributed by atoms with van der Waals surface area (Å²) >= 11 is 0. The molecular formula is C27H36F2N4O. The van der Waals surface area contributed by atoms with Crippen LogP contribution in [0.2, 0.25) is 0 Å². The van der Waals surface area contributed by atoms with Gasteiger partial charge >= 0.3 is 0 Å². The Balaban J connectivity index is 0.00000281. The van der Waals surface area contributed by atoms with Crippen molar-refractivity contribution in [1.29, 1.82) is 5.41 Å². The molecule has 0 aliphatic heterocycles. The fraction of sp³-hybridized carbons (Fsp3) is 0.370. The largest absolute Gasteiger partial charge is 0.399 e. The standard InChI is InChI=1S/C25H30F2N4O.C2H6/c1-3-21(26)22(27)14-17(2)15-24(32)31-25(23(29)16-19-6-4-5-7-19)30-13-12-18-8-10-20(28)11-9-18;1-2/h3,8-14,19,29H,2,4-7,15-16,28H2,1H3,(H,30,31,32);1-2H3/b13-12+,21-3+,22-14+,29-23?;. The number of anilines is 1. The molecule has 1 amide bonds. The first kappa shape index (κ1) is 28.7. The van der Waals surface area contributed by atoms with Gasteiger partial charge in [0, 0.05) is 11.9 Å². The zero-order valence-electron chi connectivity index (χ0n) is 20.3. The number of hydrogen-bond donors (Lipinski definition) is 3. The van der Waals surface area contributed by atoms with Crippen LogP contribution in [-0.4, -0.2) is 17.5 Å². The van der Waals surface area contributed by atoms with Gasteiger partial charge in [-0.25, -0.2) is 13.8 Å². The Labute approximate surface area is 201 Å². The van der Waals surface area contributed by atoms with Gasteiger partial charge in [0.15, 0.2) is 17.5 Å². The highest BCUT2D eigenvalue weighted by Crippen LogP contribution is 2.27. The number of allylic oxidation sites excluding steroid dienone is 4. The number of nitrogens with two attached hydrogens (primary N) is 1. The van der Waals surface area contributed by atoms with Gasteiger partial charge in [-0.1, -0.05) is 58.2 Å². The van der Waals surface area contributed by atoms with E-state index in [-0.39, 0.29) is 23.5 Å². The van der Waals surface area contributed by atoms with Gasteiger partial charge in [0.2, 0.25) is 5.91 Å². The number of aliphatic imine (C=N–C) groups is 1. The van der Waals surface area contributed by atoms with Gasteiger partial charge in [0.25, 0.3) is 0 Å². The van der Waals surface area contributed by atoms with E-state index in [2.05, 4.69) is 16.9 Å². The van der Waals surface area contributed by atoms with Crippen LogP contribution < -0.4 is 11.1 Å². The third-order valence-corrected chi connectivity index (χ3v) is 5.12. The van der Waals surface area contributed by atoms with E-state index in [0.29, 0.717) is 18.0 Å². The highest BCUT2D eigenvalue weighted by molar-refractivity contribution is 6.42. The van der Waals surface area contributed by atoms with Crippen molar-refractivity contribution in [3.8, 4) is 0 Å². The summed E-state index contributed by atoms with van der Waals surface area (Å²) < 4.78 is 26.9. The molecular weight excluding hydrogens is 434 g/mol. The number of halogens is 2. The van der Waals surface area contributed by atoms with E-state index in [4.69, 9.17) is 11.1 Å². The second-order valence-electron chi connectivity index (χ2n) is 7.81. The number of hydrogen-bond acceptors (Lipinski definition) is 4. The number of rotatable bonds is 9. The smallest absolute Gasteiger partial charge is 0.229 e. The van der Waals surface area contributed by atoms with Crippen molar-refractivity contribution in [3.05, 3.63) is 72.0 Å². The van der Waals surface area contributed by atoms with Gasteiger partial charge < -0.3 is 16.5 Å². The molecule has 1 aromatic rings. The second kappa shape index (κ2) is 15.5. The summed E-state index contributed by atoms with van der Waals surface area (Å²) in [6, 6.07) is 7.20. The number of carbonyl (C=O) groups is 1. The molecule has 0 radical (unpaired) electrons. The molecule has 0 heterocycles. The van der Waals surface area contributed by atoms with Gasteiger partial charge in [0.1, 0.15) is 0 Å². The van der Waals surface area contributed by atoms with Crippen LogP contribution in [0.3, 0.4) is 0 Å². The molecule has 0 spiro atoms. The first-order valence-electron chi connectivity index (χ1n) is 11.6. The lowest BCUT2D eigenvalue weighted by Gasteiger charge is -2.13. The molecule has 1 saturated carbocycles. The molecule has 7 heteroatoms. The summed E-state index contributed by atoms with van der Waals surface area (Å²) in [4.78, 5) is 16.7. The fourth-order valence-electron chi connectivity index (χ4n) is 3.41. The van der Waals surface area contributed by atoms with Crippen LogP contribution in [0.15, 0.2) is 71.4 Å². The van der Waals surface area contributed by atoms with Crippen molar-refractivity contribution in [2.24, 2.45) is 10.9 Å². The molecule has 4 N–H and O–H groups in total. The molecule has 1 aromatic carbocycles. The average molecular weight is 471 g/mol. The van der Waals surface area contributed by atoms with Crippen molar-refractivity contribution in [3.63, 3.8) is 0 Å². The number of amidine groups is 1. The van der Waals surface area contributed by atoms with Gasteiger partial charge in [-0.2, -0.15) is 0 Å². The zero-order chi connectivity index (χ0) is 25.5. The number of nitrogen functional groups attached to an aromatic ring is 1. The minimum absolute atomic E-state index is 0.107. The molecule has 184 valence electrons. The van der Waals surface area contributed by atoms with Crippen molar-refractivity contribution >= 4 is 29.2 Å². The van der Waals surface area contributed by atoms with Crippen LogP contribution in [-0.2, 0) is 4.79 Å². The van der Waals surface area contributed by atoms with Crippen molar-refractivity contribution in [2.75, 3.05) is 5.73 Å². The van der Waals surface area contributed by atoms with Gasteiger partial charge in [-0.3, -0.25) is 4.79 Å². The van der Waals surface area contributed by atoms with E-state index in [9.17, 15) is 13.6 Å². The maximum absolute atomic E-state index is 13.6. The lowest BCUT2D eigenvalue weighted by Crippen LogP contribution is -2.36. The Hall–Kier alpha value is -3.35. The van der Waals surface area contributed by atoms with E-state index in [1.54, 1.807) is 18.2 Å². The molecule has 2 rings (SSSR count). The van der Waals surface area contributed by atoms with E-state index in [0.717, 1.165) is 43.4 Å². The monoisotopic (exact) mass is 470 g/mol. The Morgan fingerprint density at radius 3 is 2.41 bits per heavy atom. The summed E-state index contributed by atoms with van der Waals surface area (Å²) in [5, 5.41) is 11.1. The molecule has 1 aliphatic rings. The van der Waals surface area contributed by atoms with Crippen molar-refractivity contribution < 1.29 is 13.6 Å². The van der Waals surface area contributed by atoms with Crippen LogP contribution in [0.4, 0.5) is 14.5 Å². The SMILES string of the molecule is C=C(/C=C(F)\C(F)=C/C)CC(=O)NC(=N/C=C/c1ccc(N)cc1)C(=N)CC1CCCC1.CC. The predicted octanol–water partition coefficient (Wildman–Crippen LogP) is 7.05. The Kier molecular flexibility index (Phi) is 13.1. The van der Waals surface area contributed by atoms with Crippen LogP contribution in [0.5, 0.6) is 0 Å². The topological polar surface area (TPSA) is 91.3 Å². The van der Waals surface area contributed by atoms with Gasteiger partial charge in [-0.05, 0) is 60.8 Å². The predicted molar refractivity (Wildman–Crippen MR) is 139 cm³/mol. The maximum Gasteiger partial charge on any atom is 0.229 e. The molecule has 34 heavy (non-hydrogen) atoms. The van der Waals surface area contributed by atoms with Crippen molar-refractivity contribution in [2.45, 2.75) is 59.3 Å². The van der Waals surface area contributed by atoms with E-state index in [1.165, 1.54) is 13.1 Å². The van der Waals surface area contributed by atoms with Crippen molar-refractivity contribution in [1.82, 2.24) is 5.32 Å². The Morgan fingerprint density at radius 1 is 1.21 bits per heavy atom. The molecule has 1 aliphatic carbocycles. The highest BCUT2D eigenvalue weighted by atomic mass is 19.2.